The zero-order chi connectivity index (χ0) is 21.3. The number of fused-ring (bicyclic) bond motifs is 3. The monoisotopic (exact) mass is 405 g/mol. The van der Waals surface area contributed by atoms with Crippen molar-refractivity contribution < 1.29 is 19.0 Å². The molecule has 4 rings (SSSR count). The van der Waals surface area contributed by atoms with Gasteiger partial charge in [-0.25, -0.2) is 9.18 Å². The Kier molecular flexibility index (Phi) is 5.55. The number of halogens is 1. The zero-order valence-corrected chi connectivity index (χ0v) is 16.9. The number of aliphatic hydroxyl groups is 1. The summed E-state index contributed by atoms with van der Waals surface area (Å²) in [6, 6.07) is 20.1. The van der Waals surface area contributed by atoms with Gasteiger partial charge in [0.15, 0.2) is 0 Å². The molecule has 3 aromatic rings. The number of rotatable bonds is 5. The standard InChI is InChI=1S/C25H24FNO3/c1-15-11-12-17(13-23(15)26)24(28)16(2)27-25(29)30-14-22-20-9-5-3-7-18(20)19-8-4-6-10-21(19)22/h3-13,16,22,24,28H,14H2,1-2H3,(H,27,29). The van der Waals surface area contributed by atoms with Gasteiger partial charge in [0.2, 0.25) is 0 Å². The molecule has 154 valence electrons. The smallest absolute Gasteiger partial charge is 0.407 e. The van der Waals surface area contributed by atoms with E-state index >= 15 is 0 Å². The first kappa shape index (κ1) is 20.1. The second kappa shape index (κ2) is 8.28. The van der Waals surface area contributed by atoms with Crippen molar-refractivity contribution >= 4 is 6.09 Å². The molecule has 1 amide bonds. The molecule has 0 aromatic heterocycles. The fourth-order valence-corrected chi connectivity index (χ4v) is 3.99. The first-order valence-electron chi connectivity index (χ1n) is 10.0. The van der Waals surface area contributed by atoms with Gasteiger partial charge in [0.1, 0.15) is 12.4 Å². The number of hydrogen-bond acceptors (Lipinski definition) is 3. The first-order valence-corrected chi connectivity index (χ1v) is 10.0. The molecule has 2 N–H and O–H groups in total. The lowest BCUT2D eigenvalue weighted by Gasteiger charge is -2.21. The van der Waals surface area contributed by atoms with Crippen LogP contribution in [0.2, 0.25) is 0 Å². The van der Waals surface area contributed by atoms with Crippen LogP contribution in [0, 0.1) is 12.7 Å². The van der Waals surface area contributed by atoms with Crippen LogP contribution in [0.5, 0.6) is 0 Å². The molecule has 0 aliphatic heterocycles. The fourth-order valence-electron chi connectivity index (χ4n) is 3.99. The molecule has 0 spiro atoms. The molecule has 2 unspecified atom stereocenters. The van der Waals surface area contributed by atoms with E-state index < -0.39 is 18.2 Å². The Bertz CT molecular complexity index is 1040. The van der Waals surface area contributed by atoms with Crippen molar-refractivity contribution in [1.29, 1.82) is 0 Å². The number of aryl methyl sites for hydroxylation is 1. The summed E-state index contributed by atoms with van der Waals surface area (Å²) in [5.41, 5.74) is 5.50. The van der Waals surface area contributed by atoms with Crippen LogP contribution < -0.4 is 5.32 Å². The minimum Gasteiger partial charge on any atom is -0.449 e. The number of carbonyl (C=O) groups is 1. The third kappa shape index (κ3) is 3.81. The maximum atomic E-state index is 13.8. The van der Waals surface area contributed by atoms with Crippen LogP contribution in [-0.4, -0.2) is 23.8 Å². The van der Waals surface area contributed by atoms with Crippen molar-refractivity contribution in [2.45, 2.75) is 31.9 Å². The summed E-state index contributed by atoms with van der Waals surface area (Å²) in [5.74, 6) is -0.422. The van der Waals surface area contributed by atoms with E-state index in [1.165, 1.54) is 6.07 Å². The summed E-state index contributed by atoms with van der Waals surface area (Å²) >= 11 is 0. The molecular formula is C25H24FNO3. The van der Waals surface area contributed by atoms with Gasteiger partial charge in [-0.3, -0.25) is 0 Å². The average molecular weight is 405 g/mol. The maximum Gasteiger partial charge on any atom is 0.407 e. The average Bonchev–Trinajstić information content (AvgIpc) is 3.07. The number of carbonyl (C=O) groups excluding carboxylic acids is 1. The molecule has 4 nitrogen and oxygen atoms in total. The summed E-state index contributed by atoms with van der Waals surface area (Å²) < 4.78 is 19.3. The largest absolute Gasteiger partial charge is 0.449 e. The van der Waals surface area contributed by atoms with Crippen LogP contribution in [0.4, 0.5) is 9.18 Å². The van der Waals surface area contributed by atoms with Gasteiger partial charge >= 0.3 is 6.09 Å². The van der Waals surface area contributed by atoms with Crippen molar-refractivity contribution in [3.63, 3.8) is 0 Å². The number of amides is 1. The lowest BCUT2D eigenvalue weighted by molar-refractivity contribution is 0.108. The van der Waals surface area contributed by atoms with E-state index in [-0.39, 0.29) is 18.3 Å². The SMILES string of the molecule is Cc1ccc(C(O)C(C)NC(=O)OCC2c3ccccc3-c3ccccc32)cc1F. The number of hydrogen-bond donors (Lipinski definition) is 2. The molecule has 0 radical (unpaired) electrons. The topological polar surface area (TPSA) is 58.6 Å². The Balaban J connectivity index is 1.41. The highest BCUT2D eigenvalue weighted by Crippen LogP contribution is 2.44. The lowest BCUT2D eigenvalue weighted by Crippen LogP contribution is -2.38. The summed E-state index contributed by atoms with van der Waals surface area (Å²) in [5, 5.41) is 13.1. The Morgan fingerprint density at radius 2 is 1.67 bits per heavy atom. The van der Waals surface area contributed by atoms with Gasteiger partial charge in [-0.05, 0) is 53.3 Å². The van der Waals surface area contributed by atoms with Crippen LogP contribution in [0.1, 0.15) is 41.2 Å². The number of alkyl carbamates (subject to hydrolysis) is 1. The van der Waals surface area contributed by atoms with Gasteiger partial charge in [-0.1, -0.05) is 60.7 Å². The minimum atomic E-state index is -1.04. The van der Waals surface area contributed by atoms with Gasteiger partial charge in [-0.15, -0.1) is 0 Å². The Morgan fingerprint density at radius 1 is 1.07 bits per heavy atom. The van der Waals surface area contributed by atoms with E-state index in [9.17, 15) is 14.3 Å². The molecule has 2 atom stereocenters. The summed E-state index contributed by atoms with van der Waals surface area (Å²) in [7, 11) is 0. The van der Waals surface area contributed by atoms with Crippen molar-refractivity contribution in [3.8, 4) is 11.1 Å². The molecule has 0 bridgehead atoms. The van der Waals surface area contributed by atoms with E-state index in [2.05, 4.69) is 29.6 Å². The van der Waals surface area contributed by atoms with E-state index in [0.29, 0.717) is 11.1 Å². The number of nitrogens with one attached hydrogen (secondary N) is 1. The molecule has 1 aliphatic rings. The molecule has 0 fully saturated rings. The third-order valence-electron chi connectivity index (χ3n) is 5.70. The van der Waals surface area contributed by atoms with Crippen molar-refractivity contribution in [1.82, 2.24) is 5.32 Å². The van der Waals surface area contributed by atoms with E-state index in [0.717, 1.165) is 22.3 Å². The number of ether oxygens (including phenoxy) is 1. The van der Waals surface area contributed by atoms with Crippen molar-refractivity contribution in [2.24, 2.45) is 0 Å². The summed E-state index contributed by atoms with van der Waals surface area (Å²) in [6.45, 7) is 3.51. The highest BCUT2D eigenvalue weighted by molar-refractivity contribution is 5.79. The van der Waals surface area contributed by atoms with Gasteiger partial charge in [0.25, 0.3) is 0 Å². The minimum absolute atomic E-state index is 0.0328. The number of benzene rings is 3. The lowest BCUT2D eigenvalue weighted by atomic mass is 9.98. The second-order valence-corrected chi connectivity index (χ2v) is 7.71. The third-order valence-corrected chi connectivity index (χ3v) is 5.70. The van der Waals surface area contributed by atoms with Crippen LogP contribution >= 0.6 is 0 Å². The molecule has 5 heteroatoms. The predicted molar refractivity (Wildman–Crippen MR) is 114 cm³/mol. The number of aliphatic hydroxyl groups excluding tert-OH is 1. The van der Waals surface area contributed by atoms with Crippen molar-refractivity contribution in [2.75, 3.05) is 6.61 Å². The molecule has 30 heavy (non-hydrogen) atoms. The Morgan fingerprint density at radius 3 is 2.27 bits per heavy atom. The molecule has 0 heterocycles. The van der Waals surface area contributed by atoms with Crippen LogP contribution in [0.15, 0.2) is 66.7 Å². The van der Waals surface area contributed by atoms with Crippen LogP contribution in [-0.2, 0) is 4.74 Å². The zero-order valence-electron chi connectivity index (χ0n) is 16.9. The van der Waals surface area contributed by atoms with Gasteiger partial charge < -0.3 is 15.2 Å². The van der Waals surface area contributed by atoms with Gasteiger partial charge in [0.05, 0.1) is 12.1 Å². The predicted octanol–water partition coefficient (Wildman–Crippen LogP) is 5.09. The van der Waals surface area contributed by atoms with Crippen molar-refractivity contribution in [3.05, 3.63) is 94.8 Å². The van der Waals surface area contributed by atoms with E-state index in [1.807, 2.05) is 24.3 Å². The fraction of sp³-hybridized carbons (Fsp3) is 0.240. The molecular weight excluding hydrogens is 381 g/mol. The molecule has 1 aliphatic carbocycles. The van der Waals surface area contributed by atoms with Gasteiger partial charge in [-0.2, -0.15) is 0 Å². The van der Waals surface area contributed by atoms with Gasteiger partial charge in [0, 0.05) is 5.92 Å². The van der Waals surface area contributed by atoms with Crippen LogP contribution in [0.25, 0.3) is 11.1 Å². The summed E-state index contributed by atoms with van der Waals surface area (Å²) in [6.07, 6.45) is -1.66. The molecule has 3 aromatic carbocycles. The summed E-state index contributed by atoms with van der Waals surface area (Å²) in [4.78, 5) is 12.4. The van der Waals surface area contributed by atoms with E-state index in [1.54, 1.807) is 26.0 Å². The highest BCUT2D eigenvalue weighted by atomic mass is 19.1. The van der Waals surface area contributed by atoms with Crippen LogP contribution in [0.3, 0.4) is 0 Å². The molecule has 0 saturated heterocycles. The maximum absolute atomic E-state index is 13.8. The Labute approximate surface area is 175 Å². The quantitative estimate of drug-likeness (QED) is 0.621. The normalized spacial score (nSPS) is 14.5. The first-order chi connectivity index (χ1) is 14.5. The molecule has 0 saturated carbocycles. The highest BCUT2D eigenvalue weighted by Gasteiger charge is 2.29. The Hall–Kier alpha value is -3.18. The second-order valence-electron chi connectivity index (χ2n) is 7.71. The van der Waals surface area contributed by atoms with E-state index in [4.69, 9.17) is 4.74 Å².